The normalized spacial score (nSPS) is 11.0. The van der Waals surface area contributed by atoms with Gasteiger partial charge in [0.2, 0.25) is 5.82 Å². The van der Waals surface area contributed by atoms with Crippen LogP contribution in [0.3, 0.4) is 0 Å². The van der Waals surface area contributed by atoms with Crippen molar-refractivity contribution in [3.8, 4) is 0 Å². The maximum absolute atomic E-state index is 12.3. The fourth-order valence-electron chi connectivity index (χ4n) is 2.17. The Hall–Kier alpha value is -2.02. The Balaban J connectivity index is 2.10. The van der Waals surface area contributed by atoms with Crippen LogP contribution >= 0.6 is 0 Å². The lowest BCUT2D eigenvalue weighted by molar-refractivity contribution is 0.0780. The topological polar surface area (TPSA) is 83.6 Å². The Bertz CT molecular complexity index is 638. The molecule has 0 atom stereocenters. The van der Waals surface area contributed by atoms with Crippen LogP contribution in [0.5, 0.6) is 0 Å². The standard InChI is InChI=1S/C14H21N5O2/c1-10-9-11(2)19-14(15-10)16-12(17-19)13(21)18(3)7-5-4-6-8-20/h9,20H,4-8H2,1-3H3. The second-order valence-electron chi connectivity index (χ2n) is 5.20. The molecule has 0 saturated carbocycles. The van der Waals surface area contributed by atoms with Gasteiger partial charge in [0.1, 0.15) is 0 Å². The van der Waals surface area contributed by atoms with E-state index in [1.807, 2.05) is 19.9 Å². The molecule has 2 rings (SSSR count). The molecule has 1 N–H and O–H groups in total. The van der Waals surface area contributed by atoms with Crippen molar-refractivity contribution in [2.75, 3.05) is 20.2 Å². The van der Waals surface area contributed by atoms with Crippen molar-refractivity contribution in [3.05, 3.63) is 23.3 Å². The summed E-state index contributed by atoms with van der Waals surface area (Å²) in [5, 5.41) is 13.0. The van der Waals surface area contributed by atoms with Gasteiger partial charge in [-0.05, 0) is 39.2 Å². The van der Waals surface area contributed by atoms with Gasteiger partial charge >= 0.3 is 0 Å². The second-order valence-corrected chi connectivity index (χ2v) is 5.20. The Labute approximate surface area is 123 Å². The van der Waals surface area contributed by atoms with E-state index < -0.39 is 0 Å². The van der Waals surface area contributed by atoms with Crippen LogP contribution in [0.15, 0.2) is 6.07 Å². The van der Waals surface area contributed by atoms with E-state index in [1.165, 1.54) is 0 Å². The SMILES string of the molecule is Cc1cc(C)n2nc(C(=O)N(C)CCCCCO)nc2n1. The third-order valence-electron chi connectivity index (χ3n) is 3.31. The molecule has 2 aromatic rings. The van der Waals surface area contributed by atoms with Crippen molar-refractivity contribution in [2.24, 2.45) is 0 Å². The number of unbranched alkanes of at least 4 members (excludes halogenated alkanes) is 2. The summed E-state index contributed by atoms with van der Waals surface area (Å²) < 4.78 is 1.58. The quantitative estimate of drug-likeness (QED) is 0.802. The molecule has 0 unspecified atom stereocenters. The number of aromatic nitrogens is 4. The molecule has 21 heavy (non-hydrogen) atoms. The number of aryl methyl sites for hydroxylation is 2. The fraction of sp³-hybridized carbons (Fsp3) is 0.571. The Morgan fingerprint density at radius 3 is 2.76 bits per heavy atom. The highest BCUT2D eigenvalue weighted by Crippen LogP contribution is 2.07. The van der Waals surface area contributed by atoms with Crippen LogP contribution in [0.4, 0.5) is 0 Å². The number of rotatable bonds is 6. The first-order valence-electron chi connectivity index (χ1n) is 7.10. The van der Waals surface area contributed by atoms with Crippen molar-refractivity contribution < 1.29 is 9.90 Å². The number of aliphatic hydroxyl groups is 1. The zero-order valence-corrected chi connectivity index (χ0v) is 12.7. The van der Waals surface area contributed by atoms with Crippen LogP contribution in [0.2, 0.25) is 0 Å². The minimum absolute atomic E-state index is 0.167. The van der Waals surface area contributed by atoms with Crippen LogP contribution in [0, 0.1) is 13.8 Å². The maximum Gasteiger partial charge on any atom is 0.293 e. The molecule has 0 bridgehead atoms. The van der Waals surface area contributed by atoms with E-state index in [9.17, 15) is 4.79 Å². The molecule has 0 saturated heterocycles. The average molecular weight is 291 g/mol. The van der Waals surface area contributed by atoms with E-state index in [-0.39, 0.29) is 18.3 Å². The van der Waals surface area contributed by atoms with E-state index in [4.69, 9.17) is 5.11 Å². The van der Waals surface area contributed by atoms with Gasteiger partial charge in [0.05, 0.1) is 0 Å². The molecule has 2 aromatic heterocycles. The molecule has 0 fully saturated rings. The molecule has 0 aromatic carbocycles. The second kappa shape index (κ2) is 6.62. The molecule has 0 aliphatic rings. The third-order valence-corrected chi connectivity index (χ3v) is 3.31. The van der Waals surface area contributed by atoms with E-state index >= 15 is 0 Å². The van der Waals surface area contributed by atoms with Gasteiger partial charge in [0, 0.05) is 31.6 Å². The molecule has 114 valence electrons. The number of hydrogen-bond donors (Lipinski definition) is 1. The maximum atomic E-state index is 12.3. The summed E-state index contributed by atoms with van der Waals surface area (Å²) >= 11 is 0. The van der Waals surface area contributed by atoms with Crippen LogP contribution in [0.1, 0.15) is 41.3 Å². The fourth-order valence-corrected chi connectivity index (χ4v) is 2.17. The van der Waals surface area contributed by atoms with Gasteiger partial charge < -0.3 is 10.0 Å². The van der Waals surface area contributed by atoms with E-state index in [0.717, 1.165) is 30.7 Å². The highest BCUT2D eigenvalue weighted by atomic mass is 16.2. The molecule has 1 amide bonds. The summed E-state index contributed by atoms with van der Waals surface area (Å²) in [6, 6.07) is 1.90. The molecule has 2 heterocycles. The first-order valence-corrected chi connectivity index (χ1v) is 7.10. The van der Waals surface area contributed by atoms with Crippen molar-refractivity contribution in [1.82, 2.24) is 24.5 Å². The molecule has 7 heteroatoms. The summed E-state index contributed by atoms with van der Waals surface area (Å²) in [7, 11) is 1.73. The average Bonchev–Trinajstić information content (AvgIpc) is 2.86. The molecule has 7 nitrogen and oxygen atoms in total. The lowest BCUT2D eigenvalue weighted by atomic mass is 10.2. The number of amides is 1. The van der Waals surface area contributed by atoms with E-state index in [2.05, 4.69) is 15.1 Å². The lowest BCUT2D eigenvalue weighted by Gasteiger charge is -2.14. The van der Waals surface area contributed by atoms with Gasteiger partial charge in [0.25, 0.3) is 11.7 Å². The number of nitrogens with zero attached hydrogens (tertiary/aromatic N) is 5. The minimum Gasteiger partial charge on any atom is -0.396 e. The highest BCUT2D eigenvalue weighted by molar-refractivity contribution is 5.90. The van der Waals surface area contributed by atoms with Crippen molar-refractivity contribution in [3.63, 3.8) is 0 Å². The minimum atomic E-state index is -0.207. The number of aliphatic hydroxyl groups excluding tert-OH is 1. The summed E-state index contributed by atoms with van der Waals surface area (Å²) in [4.78, 5) is 22.4. The Kier molecular flexibility index (Phi) is 4.85. The van der Waals surface area contributed by atoms with Crippen LogP contribution in [-0.4, -0.2) is 55.7 Å². The third kappa shape index (κ3) is 3.55. The van der Waals surface area contributed by atoms with E-state index in [1.54, 1.807) is 16.5 Å². The number of fused-ring (bicyclic) bond motifs is 1. The smallest absolute Gasteiger partial charge is 0.293 e. The van der Waals surface area contributed by atoms with Crippen LogP contribution in [-0.2, 0) is 0 Å². The molecule has 0 aliphatic carbocycles. The van der Waals surface area contributed by atoms with Gasteiger partial charge in [-0.2, -0.15) is 4.98 Å². The Morgan fingerprint density at radius 2 is 2.05 bits per heavy atom. The molecule has 0 radical (unpaired) electrons. The molecule has 0 spiro atoms. The predicted octanol–water partition coefficient (Wildman–Crippen LogP) is 0.976. The first-order chi connectivity index (χ1) is 10.0. The van der Waals surface area contributed by atoms with Crippen LogP contribution in [0.25, 0.3) is 5.78 Å². The molecular formula is C14H21N5O2. The summed E-state index contributed by atoms with van der Waals surface area (Å²) in [6.07, 6.45) is 2.51. The van der Waals surface area contributed by atoms with Crippen molar-refractivity contribution in [1.29, 1.82) is 0 Å². The monoisotopic (exact) mass is 291 g/mol. The molecule has 0 aliphatic heterocycles. The summed E-state index contributed by atoms with van der Waals surface area (Å²) in [5.41, 5.74) is 1.75. The predicted molar refractivity (Wildman–Crippen MR) is 78.2 cm³/mol. The van der Waals surface area contributed by atoms with Gasteiger partial charge in [-0.1, -0.05) is 0 Å². The zero-order valence-electron chi connectivity index (χ0n) is 12.7. The van der Waals surface area contributed by atoms with Gasteiger partial charge in [-0.25, -0.2) is 9.50 Å². The zero-order chi connectivity index (χ0) is 15.4. The van der Waals surface area contributed by atoms with Gasteiger partial charge in [-0.15, -0.1) is 5.10 Å². The summed E-state index contributed by atoms with van der Waals surface area (Å²) in [6.45, 7) is 4.61. The summed E-state index contributed by atoms with van der Waals surface area (Å²) in [5.74, 6) is 0.409. The van der Waals surface area contributed by atoms with Gasteiger partial charge in [0.15, 0.2) is 0 Å². The highest BCUT2D eigenvalue weighted by Gasteiger charge is 2.18. The number of hydrogen-bond acceptors (Lipinski definition) is 5. The largest absolute Gasteiger partial charge is 0.396 e. The number of carbonyl (C=O) groups excluding carboxylic acids is 1. The van der Waals surface area contributed by atoms with Gasteiger partial charge in [-0.3, -0.25) is 4.79 Å². The first kappa shape index (κ1) is 15.4. The lowest BCUT2D eigenvalue weighted by Crippen LogP contribution is -2.28. The number of carbonyl (C=O) groups is 1. The Morgan fingerprint density at radius 1 is 1.29 bits per heavy atom. The van der Waals surface area contributed by atoms with Crippen molar-refractivity contribution in [2.45, 2.75) is 33.1 Å². The van der Waals surface area contributed by atoms with Crippen LogP contribution < -0.4 is 0 Å². The van der Waals surface area contributed by atoms with E-state index in [0.29, 0.717) is 12.3 Å². The molecular weight excluding hydrogens is 270 g/mol. The van der Waals surface area contributed by atoms with Crippen molar-refractivity contribution >= 4 is 11.7 Å².